The van der Waals surface area contributed by atoms with Gasteiger partial charge in [0.1, 0.15) is 5.75 Å². The Kier molecular flexibility index (Phi) is 5.19. The predicted octanol–water partition coefficient (Wildman–Crippen LogP) is 6.88. The number of benzene rings is 3. The summed E-state index contributed by atoms with van der Waals surface area (Å²) in [6, 6.07) is 28.0. The zero-order valence-electron chi connectivity index (χ0n) is 17.7. The van der Waals surface area contributed by atoms with E-state index in [4.69, 9.17) is 4.74 Å². The van der Waals surface area contributed by atoms with Crippen molar-refractivity contribution in [2.45, 2.75) is 33.2 Å². The Balaban J connectivity index is 1.85. The first-order chi connectivity index (χ1) is 14.0. The van der Waals surface area contributed by atoms with Crippen LogP contribution in [-0.2, 0) is 6.54 Å². The van der Waals surface area contributed by atoms with Gasteiger partial charge in [-0.1, -0.05) is 81.4 Å². The van der Waals surface area contributed by atoms with Crippen LogP contribution in [0.15, 0.2) is 85.1 Å². The van der Waals surface area contributed by atoms with E-state index in [0.29, 0.717) is 0 Å². The number of methoxy groups -OCH3 is 1. The molecule has 29 heavy (non-hydrogen) atoms. The molecule has 0 radical (unpaired) electrons. The third-order valence-electron chi connectivity index (χ3n) is 5.64. The van der Waals surface area contributed by atoms with Crippen LogP contribution in [0.2, 0.25) is 0 Å². The van der Waals surface area contributed by atoms with Crippen molar-refractivity contribution in [3.05, 3.63) is 102 Å². The van der Waals surface area contributed by atoms with E-state index in [1.165, 1.54) is 27.6 Å². The standard InChI is InChI=1S/C27H29NO/c1-27(2,3)26(21-14-16-22(29-4)17-15-21)24-19-28(18-20-10-6-5-7-11-20)25-13-9-8-12-23(24)25/h5-17,19,26H,18H2,1-4H3. The van der Waals surface area contributed by atoms with Gasteiger partial charge in [-0.2, -0.15) is 0 Å². The second kappa shape index (κ2) is 7.79. The lowest BCUT2D eigenvalue weighted by atomic mass is 9.72. The fraction of sp³-hybridized carbons (Fsp3) is 0.259. The highest BCUT2D eigenvalue weighted by atomic mass is 16.5. The van der Waals surface area contributed by atoms with Crippen molar-refractivity contribution in [1.82, 2.24) is 4.57 Å². The van der Waals surface area contributed by atoms with Crippen molar-refractivity contribution < 1.29 is 4.74 Å². The molecule has 2 nitrogen and oxygen atoms in total. The van der Waals surface area contributed by atoms with Crippen molar-refractivity contribution >= 4 is 10.9 Å². The molecule has 0 amide bonds. The molecule has 0 aliphatic rings. The highest BCUT2D eigenvalue weighted by Crippen LogP contribution is 2.44. The van der Waals surface area contributed by atoms with Crippen LogP contribution in [-0.4, -0.2) is 11.7 Å². The molecule has 1 heterocycles. The Bertz CT molecular complexity index is 1090. The van der Waals surface area contributed by atoms with Gasteiger partial charge in [0.15, 0.2) is 0 Å². The van der Waals surface area contributed by atoms with Crippen molar-refractivity contribution in [2.24, 2.45) is 5.41 Å². The Hall–Kier alpha value is -3.00. The van der Waals surface area contributed by atoms with Gasteiger partial charge in [-0.15, -0.1) is 0 Å². The minimum absolute atomic E-state index is 0.0797. The number of nitrogens with zero attached hydrogens (tertiary/aromatic N) is 1. The SMILES string of the molecule is COc1ccc(C(c2cn(Cc3ccccc3)c3ccccc23)C(C)(C)C)cc1. The Labute approximate surface area is 173 Å². The summed E-state index contributed by atoms with van der Waals surface area (Å²) in [6.07, 6.45) is 2.36. The molecule has 1 unspecified atom stereocenters. The summed E-state index contributed by atoms with van der Waals surface area (Å²) < 4.78 is 7.77. The van der Waals surface area contributed by atoms with Crippen LogP contribution in [0, 0.1) is 5.41 Å². The van der Waals surface area contributed by atoms with Crippen LogP contribution in [0.1, 0.15) is 43.4 Å². The molecule has 0 saturated heterocycles. The molecular formula is C27H29NO. The maximum absolute atomic E-state index is 5.38. The van der Waals surface area contributed by atoms with Gasteiger partial charge in [-0.3, -0.25) is 0 Å². The lowest BCUT2D eigenvalue weighted by Crippen LogP contribution is -2.19. The summed E-state index contributed by atoms with van der Waals surface area (Å²) >= 11 is 0. The third kappa shape index (κ3) is 3.93. The lowest BCUT2D eigenvalue weighted by Gasteiger charge is -2.31. The molecule has 0 bridgehead atoms. The second-order valence-corrected chi connectivity index (χ2v) is 8.79. The minimum atomic E-state index is 0.0797. The maximum Gasteiger partial charge on any atom is 0.118 e. The number of ether oxygens (including phenoxy) is 1. The van der Waals surface area contributed by atoms with E-state index in [2.05, 4.69) is 110 Å². The molecule has 2 heteroatoms. The monoisotopic (exact) mass is 383 g/mol. The average molecular weight is 384 g/mol. The van der Waals surface area contributed by atoms with Crippen molar-refractivity contribution in [1.29, 1.82) is 0 Å². The minimum Gasteiger partial charge on any atom is -0.497 e. The van der Waals surface area contributed by atoms with Gasteiger partial charge in [0, 0.05) is 29.6 Å². The molecule has 0 saturated carbocycles. The average Bonchev–Trinajstić information content (AvgIpc) is 3.06. The zero-order chi connectivity index (χ0) is 20.4. The highest BCUT2D eigenvalue weighted by Gasteiger charge is 2.30. The maximum atomic E-state index is 5.38. The van der Waals surface area contributed by atoms with Crippen molar-refractivity contribution in [3.8, 4) is 5.75 Å². The van der Waals surface area contributed by atoms with Crippen LogP contribution in [0.4, 0.5) is 0 Å². The molecule has 1 atom stereocenters. The van der Waals surface area contributed by atoms with E-state index < -0.39 is 0 Å². The molecule has 0 spiro atoms. The van der Waals surface area contributed by atoms with E-state index in [9.17, 15) is 0 Å². The topological polar surface area (TPSA) is 14.2 Å². The summed E-state index contributed by atoms with van der Waals surface area (Å²) in [6.45, 7) is 7.85. The van der Waals surface area contributed by atoms with Crippen molar-refractivity contribution in [3.63, 3.8) is 0 Å². The molecule has 0 fully saturated rings. The number of aromatic nitrogens is 1. The first-order valence-electron chi connectivity index (χ1n) is 10.2. The Morgan fingerprint density at radius 1 is 0.828 bits per heavy atom. The smallest absolute Gasteiger partial charge is 0.118 e. The molecule has 3 aromatic carbocycles. The third-order valence-corrected chi connectivity index (χ3v) is 5.64. The summed E-state index contributed by atoms with van der Waals surface area (Å²) in [5.74, 6) is 1.18. The van der Waals surface area contributed by atoms with Crippen molar-refractivity contribution in [2.75, 3.05) is 7.11 Å². The summed E-state index contributed by atoms with van der Waals surface area (Å²) in [4.78, 5) is 0. The largest absolute Gasteiger partial charge is 0.497 e. The first kappa shape index (κ1) is 19.3. The van der Waals surface area contributed by atoms with Crippen LogP contribution >= 0.6 is 0 Å². The van der Waals surface area contributed by atoms with Gasteiger partial charge in [0.05, 0.1) is 7.11 Å². The molecular weight excluding hydrogens is 354 g/mol. The molecule has 4 rings (SSSR count). The summed E-state index contributed by atoms with van der Waals surface area (Å²) in [5, 5.41) is 1.33. The van der Waals surface area contributed by atoms with Crippen LogP contribution in [0.25, 0.3) is 10.9 Å². The van der Waals surface area contributed by atoms with Crippen LogP contribution in [0.5, 0.6) is 5.75 Å². The van der Waals surface area contributed by atoms with Gasteiger partial charge < -0.3 is 9.30 Å². The van der Waals surface area contributed by atoms with Gasteiger partial charge in [0.2, 0.25) is 0 Å². The highest BCUT2D eigenvalue weighted by molar-refractivity contribution is 5.85. The van der Waals surface area contributed by atoms with E-state index in [0.717, 1.165) is 12.3 Å². The fourth-order valence-electron chi connectivity index (χ4n) is 4.36. The molecule has 4 aromatic rings. The number of para-hydroxylation sites is 1. The van der Waals surface area contributed by atoms with Gasteiger partial charge in [-0.25, -0.2) is 0 Å². The van der Waals surface area contributed by atoms with E-state index in [1.807, 2.05) is 0 Å². The summed E-state index contributed by atoms with van der Waals surface area (Å²) in [7, 11) is 1.72. The zero-order valence-corrected chi connectivity index (χ0v) is 17.7. The molecule has 0 aliphatic heterocycles. The van der Waals surface area contributed by atoms with E-state index >= 15 is 0 Å². The van der Waals surface area contributed by atoms with Crippen LogP contribution < -0.4 is 4.74 Å². The fourth-order valence-corrected chi connectivity index (χ4v) is 4.36. The first-order valence-corrected chi connectivity index (χ1v) is 10.2. The van der Waals surface area contributed by atoms with Gasteiger partial charge in [-0.05, 0) is 40.3 Å². The quantitative estimate of drug-likeness (QED) is 0.366. The van der Waals surface area contributed by atoms with Crippen LogP contribution in [0.3, 0.4) is 0 Å². The van der Waals surface area contributed by atoms with Gasteiger partial charge >= 0.3 is 0 Å². The summed E-state index contributed by atoms with van der Waals surface area (Å²) in [5.41, 5.74) is 5.39. The Morgan fingerprint density at radius 2 is 1.48 bits per heavy atom. The van der Waals surface area contributed by atoms with Gasteiger partial charge in [0.25, 0.3) is 0 Å². The number of hydrogen-bond donors (Lipinski definition) is 0. The number of fused-ring (bicyclic) bond motifs is 1. The second-order valence-electron chi connectivity index (χ2n) is 8.79. The molecule has 1 aromatic heterocycles. The molecule has 148 valence electrons. The molecule has 0 aliphatic carbocycles. The lowest BCUT2D eigenvalue weighted by molar-refractivity contribution is 0.359. The Morgan fingerprint density at radius 3 is 2.14 bits per heavy atom. The molecule has 0 N–H and O–H groups in total. The normalized spacial score (nSPS) is 12.8. The van der Waals surface area contributed by atoms with E-state index in [1.54, 1.807) is 7.11 Å². The van der Waals surface area contributed by atoms with E-state index in [-0.39, 0.29) is 11.3 Å². The number of rotatable bonds is 5. The predicted molar refractivity (Wildman–Crippen MR) is 122 cm³/mol. The number of hydrogen-bond acceptors (Lipinski definition) is 1.